The summed E-state index contributed by atoms with van der Waals surface area (Å²) >= 11 is 1.48. The van der Waals surface area contributed by atoms with Crippen molar-refractivity contribution in [1.82, 2.24) is 15.1 Å². The molecule has 1 aliphatic carbocycles. The van der Waals surface area contributed by atoms with Crippen LogP contribution < -0.4 is 14.8 Å². The van der Waals surface area contributed by atoms with E-state index in [0.717, 1.165) is 34.9 Å². The van der Waals surface area contributed by atoms with Gasteiger partial charge in [0.15, 0.2) is 0 Å². The van der Waals surface area contributed by atoms with Gasteiger partial charge in [-0.25, -0.2) is 4.79 Å². The lowest BCUT2D eigenvalue weighted by molar-refractivity contribution is 0.206. The van der Waals surface area contributed by atoms with Crippen molar-refractivity contribution in [3.8, 4) is 11.5 Å². The van der Waals surface area contributed by atoms with Crippen LogP contribution in [-0.4, -0.2) is 41.9 Å². The monoisotopic (exact) mass is 374 g/mol. The second-order valence-corrected chi connectivity index (χ2v) is 7.62. The zero-order valence-corrected chi connectivity index (χ0v) is 15.7. The van der Waals surface area contributed by atoms with Crippen LogP contribution in [0.15, 0.2) is 18.2 Å². The van der Waals surface area contributed by atoms with Crippen molar-refractivity contribution in [2.45, 2.75) is 37.6 Å². The predicted molar refractivity (Wildman–Crippen MR) is 99.1 cm³/mol. The van der Waals surface area contributed by atoms with Gasteiger partial charge in [0, 0.05) is 24.1 Å². The van der Waals surface area contributed by atoms with Gasteiger partial charge >= 0.3 is 6.03 Å². The van der Waals surface area contributed by atoms with Crippen LogP contribution in [-0.2, 0) is 0 Å². The van der Waals surface area contributed by atoms with E-state index in [0.29, 0.717) is 17.6 Å². The molecule has 2 amide bonds. The number of hydrogen-bond donors (Lipinski definition) is 1. The second-order valence-electron chi connectivity index (χ2n) is 6.61. The fourth-order valence-corrected chi connectivity index (χ4v) is 4.27. The molecule has 138 valence electrons. The first-order valence-electron chi connectivity index (χ1n) is 8.82. The third-order valence-electron chi connectivity index (χ3n) is 4.89. The Morgan fingerprint density at radius 2 is 2.08 bits per heavy atom. The quantitative estimate of drug-likeness (QED) is 0.861. The van der Waals surface area contributed by atoms with Crippen molar-refractivity contribution in [3.63, 3.8) is 0 Å². The van der Waals surface area contributed by atoms with Crippen LogP contribution in [0, 0.1) is 0 Å². The van der Waals surface area contributed by atoms with E-state index in [2.05, 4.69) is 15.5 Å². The second kappa shape index (κ2) is 7.11. The van der Waals surface area contributed by atoms with Gasteiger partial charge in [-0.05, 0) is 37.8 Å². The van der Waals surface area contributed by atoms with Crippen molar-refractivity contribution in [2.75, 3.05) is 26.1 Å². The maximum Gasteiger partial charge on any atom is 0.324 e. The van der Waals surface area contributed by atoms with Gasteiger partial charge in [0.1, 0.15) is 16.5 Å². The summed E-state index contributed by atoms with van der Waals surface area (Å²) in [5.41, 5.74) is 0.997. The zero-order chi connectivity index (χ0) is 18.1. The van der Waals surface area contributed by atoms with Crippen molar-refractivity contribution >= 4 is 22.5 Å². The number of nitrogens with zero attached hydrogens (tertiary/aromatic N) is 3. The van der Waals surface area contributed by atoms with Crippen LogP contribution in [0.25, 0.3) is 0 Å². The molecule has 1 N–H and O–H groups in total. The number of rotatable bonds is 5. The van der Waals surface area contributed by atoms with Gasteiger partial charge in [-0.3, -0.25) is 5.32 Å². The summed E-state index contributed by atoms with van der Waals surface area (Å²) in [7, 11) is 3.26. The largest absolute Gasteiger partial charge is 0.497 e. The highest BCUT2D eigenvalue weighted by Crippen LogP contribution is 2.42. The number of anilines is 1. The van der Waals surface area contributed by atoms with Gasteiger partial charge in [-0.1, -0.05) is 11.3 Å². The number of urea groups is 1. The van der Waals surface area contributed by atoms with Crippen molar-refractivity contribution < 1.29 is 14.3 Å². The summed E-state index contributed by atoms with van der Waals surface area (Å²) in [5, 5.41) is 12.8. The maximum absolute atomic E-state index is 12.8. The normalized spacial score (nSPS) is 19.5. The molecule has 1 aromatic heterocycles. The molecule has 2 aliphatic rings. The molecule has 8 heteroatoms. The fourth-order valence-electron chi connectivity index (χ4n) is 3.37. The van der Waals surface area contributed by atoms with Crippen LogP contribution in [0.5, 0.6) is 11.5 Å². The van der Waals surface area contributed by atoms with Crippen LogP contribution >= 0.6 is 11.3 Å². The number of carbonyl (C=O) groups is 1. The van der Waals surface area contributed by atoms with Gasteiger partial charge in [0.2, 0.25) is 5.13 Å². The molecular formula is C18H22N4O3S. The topological polar surface area (TPSA) is 76.6 Å². The van der Waals surface area contributed by atoms with Crippen molar-refractivity contribution in [3.05, 3.63) is 28.8 Å². The molecule has 0 spiro atoms. The average molecular weight is 374 g/mol. The van der Waals surface area contributed by atoms with E-state index in [1.165, 1.54) is 24.2 Å². The Hall–Kier alpha value is -2.35. The van der Waals surface area contributed by atoms with Crippen molar-refractivity contribution in [2.24, 2.45) is 0 Å². The first-order chi connectivity index (χ1) is 12.7. The first-order valence-corrected chi connectivity index (χ1v) is 9.64. The Labute approximate surface area is 156 Å². The van der Waals surface area contributed by atoms with E-state index in [9.17, 15) is 4.79 Å². The Morgan fingerprint density at radius 1 is 1.23 bits per heavy atom. The summed E-state index contributed by atoms with van der Waals surface area (Å²) in [5.74, 6) is 2.02. The number of benzene rings is 1. The lowest BCUT2D eigenvalue weighted by Crippen LogP contribution is -2.34. The summed E-state index contributed by atoms with van der Waals surface area (Å²) in [6.45, 7) is 0.708. The molecule has 7 nitrogen and oxygen atoms in total. The number of hydrogen-bond acceptors (Lipinski definition) is 6. The van der Waals surface area contributed by atoms with E-state index in [4.69, 9.17) is 9.47 Å². The molecule has 4 rings (SSSR count). The molecule has 1 aromatic carbocycles. The molecule has 0 bridgehead atoms. The molecule has 1 saturated heterocycles. The molecule has 1 aliphatic heterocycles. The highest BCUT2D eigenvalue weighted by atomic mass is 32.1. The predicted octanol–water partition coefficient (Wildman–Crippen LogP) is 3.80. The third-order valence-corrected chi connectivity index (χ3v) is 5.90. The number of likely N-dealkylation sites (tertiary alicyclic amines) is 1. The lowest BCUT2D eigenvalue weighted by Gasteiger charge is -2.26. The maximum atomic E-state index is 12.8. The standard InChI is InChI=1S/C18H22N4O3S/c1-24-12-7-8-13(15(10-12)25-2)14-4-3-9-22(14)18(23)19-17-21-20-16(26-17)11-5-6-11/h7-8,10-11,14H,3-6,9H2,1-2H3,(H,19,21,23). The third kappa shape index (κ3) is 3.33. The van der Waals surface area contributed by atoms with Crippen LogP contribution in [0.1, 0.15) is 48.2 Å². The van der Waals surface area contributed by atoms with Gasteiger partial charge in [-0.15, -0.1) is 10.2 Å². The summed E-state index contributed by atoms with van der Waals surface area (Å²) in [4.78, 5) is 14.7. The fraction of sp³-hybridized carbons (Fsp3) is 0.500. The highest BCUT2D eigenvalue weighted by molar-refractivity contribution is 7.15. The number of carbonyl (C=O) groups excluding carboxylic acids is 1. The van der Waals surface area contributed by atoms with Gasteiger partial charge in [0.25, 0.3) is 0 Å². The Bertz CT molecular complexity index is 805. The summed E-state index contributed by atoms with van der Waals surface area (Å²) in [6, 6.07) is 5.58. The molecule has 2 fully saturated rings. The highest BCUT2D eigenvalue weighted by Gasteiger charge is 2.33. The SMILES string of the molecule is COc1ccc(C2CCCN2C(=O)Nc2nnc(C3CC3)s2)c(OC)c1. The summed E-state index contributed by atoms with van der Waals surface area (Å²) < 4.78 is 10.8. The van der Waals surface area contributed by atoms with Crippen molar-refractivity contribution in [1.29, 1.82) is 0 Å². The van der Waals surface area contributed by atoms with Gasteiger partial charge in [0.05, 0.1) is 20.3 Å². The molecule has 1 atom stereocenters. The molecule has 2 aromatic rings. The molecule has 26 heavy (non-hydrogen) atoms. The number of ether oxygens (including phenoxy) is 2. The van der Waals surface area contributed by atoms with Crippen LogP contribution in [0.2, 0.25) is 0 Å². The van der Waals surface area contributed by atoms with Crippen LogP contribution in [0.4, 0.5) is 9.93 Å². The van der Waals surface area contributed by atoms with Gasteiger partial charge < -0.3 is 14.4 Å². The number of nitrogens with one attached hydrogen (secondary N) is 1. The van der Waals surface area contributed by atoms with E-state index < -0.39 is 0 Å². The summed E-state index contributed by atoms with van der Waals surface area (Å²) in [6.07, 6.45) is 4.21. The van der Waals surface area contributed by atoms with E-state index in [1.54, 1.807) is 14.2 Å². The smallest absolute Gasteiger partial charge is 0.324 e. The number of aromatic nitrogens is 2. The van der Waals surface area contributed by atoms with E-state index >= 15 is 0 Å². The minimum Gasteiger partial charge on any atom is -0.497 e. The molecular weight excluding hydrogens is 352 g/mol. The molecule has 1 unspecified atom stereocenters. The van der Waals surface area contributed by atoms with E-state index in [-0.39, 0.29) is 12.1 Å². The Balaban J connectivity index is 1.51. The van der Waals surface area contributed by atoms with Crippen LogP contribution in [0.3, 0.4) is 0 Å². The minimum atomic E-state index is -0.135. The molecule has 1 saturated carbocycles. The van der Waals surface area contributed by atoms with Gasteiger partial charge in [-0.2, -0.15) is 0 Å². The molecule has 0 radical (unpaired) electrons. The number of methoxy groups -OCH3 is 2. The average Bonchev–Trinajstić information content (AvgIpc) is 3.21. The first kappa shape index (κ1) is 17.1. The minimum absolute atomic E-state index is 0.0216. The van der Waals surface area contributed by atoms with E-state index in [1.807, 2.05) is 23.1 Å². The zero-order valence-electron chi connectivity index (χ0n) is 14.9. The number of amides is 2. The Kier molecular flexibility index (Phi) is 4.67. The molecule has 2 heterocycles. The Morgan fingerprint density at radius 3 is 2.81 bits per heavy atom. The lowest BCUT2D eigenvalue weighted by atomic mass is 10.0.